The number of aryl methyl sites for hydroxylation is 2. The standard InChI is InChI=1S/C21H29NO4/c1-13-10-17(11-14(2)20(13)23)21(24)15(3)22-9-8-16-6-7-18(25-4)19(12-16)26-5/h6-7,10-12,15,21-24H,8-9H2,1-5H3. The number of nitrogens with one attached hydrogen (secondary N) is 1. The molecular formula is C21H29NO4. The van der Waals surface area contributed by atoms with Crippen LogP contribution in [0.15, 0.2) is 30.3 Å². The van der Waals surface area contributed by atoms with Gasteiger partial charge in [-0.25, -0.2) is 0 Å². The van der Waals surface area contributed by atoms with Crippen molar-refractivity contribution in [3.8, 4) is 17.2 Å². The van der Waals surface area contributed by atoms with E-state index >= 15 is 0 Å². The second kappa shape index (κ2) is 8.92. The number of hydrogen-bond acceptors (Lipinski definition) is 5. The molecule has 0 radical (unpaired) electrons. The van der Waals surface area contributed by atoms with Crippen molar-refractivity contribution in [2.45, 2.75) is 39.3 Å². The van der Waals surface area contributed by atoms with Gasteiger partial charge in [0.15, 0.2) is 11.5 Å². The van der Waals surface area contributed by atoms with Crippen LogP contribution in [0.5, 0.6) is 17.2 Å². The molecule has 0 heterocycles. The Morgan fingerprint density at radius 1 is 1.00 bits per heavy atom. The number of phenols is 1. The lowest BCUT2D eigenvalue weighted by Crippen LogP contribution is -2.33. The molecule has 2 aromatic rings. The number of methoxy groups -OCH3 is 2. The molecule has 0 bridgehead atoms. The van der Waals surface area contributed by atoms with Gasteiger partial charge in [0.05, 0.1) is 20.3 Å². The van der Waals surface area contributed by atoms with Crippen LogP contribution in [0, 0.1) is 13.8 Å². The summed E-state index contributed by atoms with van der Waals surface area (Å²) < 4.78 is 10.6. The van der Waals surface area contributed by atoms with Gasteiger partial charge in [-0.1, -0.05) is 6.07 Å². The molecule has 3 N–H and O–H groups in total. The van der Waals surface area contributed by atoms with E-state index < -0.39 is 6.10 Å². The second-order valence-electron chi connectivity index (χ2n) is 6.63. The summed E-state index contributed by atoms with van der Waals surface area (Å²) in [5, 5.41) is 23.8. The van der Waals surface area contributed by atoms with Crippen LogP contribution in [0.3, 0.4) is 0 Å². The van der Waals surface area contributed by atoms with E-state index in [9.17, 15) is 10.2 Å². The number of aromatic hydroxyl groups is 1. The van der Waals surface area contributed by atoms with Gasteiger partial charge in [-0.2, -0.15) is 0 Å². The minimum absolute atomic E-state index is 0.113. The van der Waals surface area contributed by atoms with Gasteiger partial charge in [-0.05, 0) is 80.3 Å². The SMILES string of the molecule is COc1ccc(CCNC(C)C(O)c2cc(C)c(O)c(C)c2)cc1OC. The minimum Gasteiger partial charge on any atom is -0.507 e. The molecule has 0 aliphatic carbocycles. The molecule has 26 heavy (non-hydrogen) atoms. The van der Waals surface area contributed by atoms with E-state index in [1.165, 1.54) is 0 Å². The van der Waals surface area contributed by atoms with E-state index in [-0.39, 0.29) is 11.8 Å². The molecular weight excluding hydrogens is 330 g/mol. The highest BCUT2D eigenvalue weighted by atomic mass is 16.5. The smallest absolute Gasteiger partial charge is 0.160 e. The van der Waals surface area contributed by atoms with Gasteiger partial charge in [0.25, 0.3) is 0 Å². The molecule has 0 spiro atoms. The molecule has 142 valence electrons. The van der Waals surface area contributed by atoms with Crippen LogP contribution in [-0.4, -0.2) is 37.0 Å². The summed E-state index contributed by atoms with van der Waals surface area (Å²) in [6.07, 6.45) is 0.170. The molecule has 0 saturated heterocycles. The van der Waals surface area contributed by atoms with Crippen molar-refractivity contribution in [2.75, 3.05) is 20.8 Å². The lowest BCUT2D eigenvalue weighted by Gasteiger charge is -2.22. The third-order valence-electron chi connectivity index (χ3n) is 4.66. The quantitative estimate of drug-likeness (QED) is 0.675. The summed E-state index contributed by atoms with van der Waals surface area (Å²) in [5.74, 6) is 1.72. The number of hydrogen-bond donors (Lipinski definition) is 3. The van der Waals surface area contributed by atoms with Crippen molar-refractivity contribution in [1.29, 1.82) is 0 Å². The highest BCUT2D eigenvalue weighted by Crippen LogP contribution is 2.28. The maximum Gasteiger partial charge on any atom is 0.160 e. The first kappa shape index (κ1) is 20.1. The lowest BCUT2D eigenvalue weighted by molar-refractivity contribution is 0.136. The molecule has 2 rings (SSSR count). The average molecular weight is 359 g/mol. The molecule has 5 heteroatoms. The van der Waals surface area contributed by atoms with E-state index in [4.69, 9.17) is 9.47 Å². The van der Waals surface area contributed by atoms with Crippen LogP contribution in [0.4, 0.5) is 0 Å². The molecule has 0 aliphatic heterocycles. The predicted molar refractivity (Wildman–Crippen MR) is 103 cm³/mol. The van der Waals surface area contributed by atoms with Crippen molar-refractivity contribution < 1.29 is 19.7 Å². The van der Waals surface area contributed by atoms with Crippen molar-refractivity contribution in [1.82, 2.24) is 5.32 Å². The fourth-order valence-corrected chi connectivity index (χ4v) is 3.04. The van der Waals surface area contributed by atoms with E-state index in [1.807, 2.05) is 51.1 Å². The van der Waals surface area contributed by atoms with Gasteiger partial charge in [0, 0.05) is 6.04 Å². The highest BCUT2D eigenvalue weighted by Gasteiger charge is 2.17. The summed E-state index contributed by atoms with van der Waals surface area (Å²) >= 11 is 0. The zero-order valence-corrected chi connectivity index (χ0v) is 16.2. The predicted octanol–water partition coefficient (Wildman–Crippen LogP) is 3.28. The van der Waals surface area contributed by atoms with Gasteiger partial charge >= 0.3 is 0 Å². The normalized spacial score (nSPS) is 13.3. The number of ether oxygens (including phenoxy) is 2. The minimum atomic E-state index is -0.640. The van der Waals surface area contributed by atoms with Crippen molar-refractivity contribution in [3.05, 3.63) is 52.6 Å². The van der Waals surface area contributed by atoms with E-state index in [0.29, 0.717) is 11.5 Å². The first-order chi connectivity index (χ1) is 12.4. The molecule has 0 aliphatic rings. The van der Waals surface area contributed by atoms with Crippen LogP contribution in [-0.2, 0) is 6.42 Å². The van der Waals surface area contributed by atoms with Gasteiger partial charge in [-0.3, -0.25) is 0 Å². The van der Waals surface area contributed by atoms with Crippen LogP contribution >= 0.6 is 0 Å². The molecule has 0 aromatic heterocycles. The summed E-state index contributed by atoms with van der Waals surface area (Å²) in [5.41, 5.74) is 3.49. The lowest BCUT2D eigenvalue weighted by atomic mass is 9.98. The molecule has 2 unspecified atom stereocenters. The topological polar surface area (TPSA) is 71.0 Å². The first-order valence-corrected chi connectivity index (χ1v) is 8.79. The zero-order chi connectivity index (χ0) is 19.3. The third kappa shape index (κ3) is 4.68. The number of benzene rings is 2. The Morgan fingerprint density at radius 2 is 1.62 bits per heavy atom. The number of aliphatic hydroxyl groups excluding tert-OH is 1. The van der Waals surface area contributed by atoms with E-state index in [1.54, 1.807) is 14.2 Å². The summed E-state index contributed by atoms with van der Waals surface area (Å²) in [6.45, 7) is 6.36. The fourth-order valence-electron chi connectivity index (χ4n) is 3.04. The third-order valence-corrected chi connectivity index (χ3v) is 4.66. The first-order valence-electron chi connectivity index (χ1n) is 8.79. The Bertz CT molecular complexity index is 722. The Balaban J connectivity index is 1.95. The Morgan fingerprint density at radius 3 is 2.19 bits per heavy atom. The number of aliphatic hydroxyl groups is 1. The largest absolute Gasteiger partial charge is 0.507 e. The zero-order valence-electron chi connectivity index (χ0n) is 16.2. The molecule has 2 atom stereocenters. The maximum absolute atomic E-state index is 10.6. The Kier molecular flexibility index (Phi) is 6.89. The summed E-state index contributed by atoms with van der Waals surface area (Å²) in [7, 11) is 3.24. The van der Waals surface area contributed by atoms with Crippen LogP contribution in [0.25, 0.3) is 0 Å². The average Bonchev–Trinajstić information content (AvgIpc) is 2.64. The van der Waals surface area contributed by atoms with E-state index in [2.05, 4.69) is 5.32 Å². The summed E-state index contributed by atoms with van der Waals surface area (Å²) in [6, 6.07) is 9.43. The second-order valence-corrected chi connectivity index (χ2v) is 6.63. The van der Waals surface area contributed by atoms with Crippen molar-refractivity contribution in [2.24, 2.45) is 0 Å². The Hall–Kier alpha value is -2.24. The monoisotopic (exact) mass is 359 g/mol. The highest BCUT2D eigenvalue weighted by molar-refractivity contribution is 5.43. The van der Waals surface area contributed by atoms with Crippen molar-refractivity contribution in [3.63, 3.8) is 0 Å². The van der Waals surface area contributed by atoms with Crippen molar-refractivity contribution >= 4 is 0 Å². The molecule has 5 nitrogen and oxygen atoms in total. The summed E-state index contributed by atoms with van der Waals surface area (Å²) in [4.78, 5) is 0. The Labute approximate surface area is 155 Å². The molecule has 0 fully saturated rings. The molecule has 0 amide bonds. The fraction of sp³-hybridized carbons (Fsp3) is 0.429. The van der Waals surface area contributed by atoms with Gasteiger partial charge in [0.2, 0.25) is 0 Å². The number of phenolic OH excluding ortho intramolecular Hbond substituents is 1. The van der Waals surface area contributed by atoms with Crippen LogP contribution in [0.2, 0.25) is 0 Å². The number of rotatable bonds is 8. The maximum atomic E-state index is 10.6. The van der Waals surface area contributed by atoms with Crippen LogP contribution < -0.4 is 14.8 Å². The van der Waals surface area contributed by atoms with Crippen LogP contribution in [0.1, 0.15) is 35.3 Å². The van der Waals surface area contributed by atoms with E-state index in [0.717, 1.165) is 35.2 Å². The van der Waals surface area contributed by atoms with Gasteiger partial charge in [-0.15, -0.1) is 0 Å². The van der Waals surface area contributed by atoms with Gasteiger partial charge in [0.1, 0.15) is 5.75 Å². The van der Waals surface area contributed by atoms with Gasteiger partial charge < -0.3 is 25.0 Å². The molecule has 2 aromatic carbocycles. The molecule has 0 saturated carbocycles.